The molecule has 16 heavy (non-hydrogen) atoms. The van der Waals surface area contributed by atoms with E-state index in [2.05, 4.69) is 0 Å². The van der Waals surface area contributed by atoms with Crippen LogP contribution in [0.15, 0.2) is 18.2 Å². The summed E-state index contributed by atoms with van der Waals surface area (Å²) in [6, 6.07) is 3.42. The zero-order valence-electron chi connectivity index (χ0n) is 9.45. The molecule has 0 saturated heterocycles. The molecule has 0 aromatic heterocycles. The van der Waals surface area contributed by atoms with Crippen molar-refractivity contribution in [1.82, 2.24) is 0 Å². The summed E-state index contributed by atoms with van der Waals surface area (Å²) in [6.45, 7) is 3.16. The number of hydrogen-bond donors (Lipinski definition) is 0. The second-order valence-electron chi connectivity index (χ2n) is 4.05. The Morgan fingerprint density at radius 1 is 0.875 bits per heavy atom. The van der Waals surface area contributed by atoms with Gasteiger partial charge in [0.15, 0.2) is 0 Å². The third kappa shape index (κ3) is 2.97. The van der Waals surface area contributed by atoms with Crippen molar-refractivity contribution in [2.75, 3.05) is 0 Å². The summed E-state index contributed by atoms with van der Waals surface area (Å²) < 4.78 is 52.4. The number of aryl methyl sites for hydroxylation is 1. The minimum absolute atomic E-state index is 0.358. The highest BCUT2D eigenvalue weighted by Gasteiger charge is 2.30. The van der Waals surface area contributed by atoms with Crippen molar-refractivity contribution in [3.8, 4) is 0 Å². The van der Waals surface area contributed by atoms with Gasteiger partial charge in [-0.05, 0) is 30.2 Å². The van der Waals surface area contributed by atoms with Gasteiger partial charge >= 0.3 is 0 Å². The number of halogens is 4. The van der Waals surface area contributed by atoms with Crippen molar-refractivity contribution in [2.45, 2.75) is 39.0 Å². The van der Waals surface area contributed by atoms with Gasteiger partial charge in [0.25, 0.3) is 11.8 Å². The molecule has 4 heteroatoms. The lowest BCUT2D eigenvalue weighted by molar-refractivity contribution is 0.0104. The third-order valence-electron chi connectivity index (χ3n) is 2.41. The minimum atomic E-state index is -3.09. The van der Waals surface area contributed by atoms with Gasteiger partial charge in [0.1, 0.15) is 0 Å². The fraction of sp³-hybridized carbons (Fsp3) is 0.500. The zero-order valence-corrected chi connectivity index (χ0v) is 9.45. The van der Waals surface area contributed by atoms with Crippen LogP contribution in [0.2, 0.25) is 0 Å². The fourth-order valence-electron chi connectivity index (χ4n) is 1.40. The van der Waals surface area contributed by atoms with Crippen molar-refractivity contribution in [1.29, 1.82) is 0 Å². The summed E-state index contributed by atoms with van der Waals surface area (Å²) in [7, 11) is 0. The number of alkyl halides is 4. The molecular formula is C12H14F4. The smallest absolute Gasteiger partial charge is 0.202 e. The van der Waals surface area contributed by atoms with Gasteiger partial charge in [-0.1, -0.05) is 6.92 Å². The topological polar surface area (TPSA) is 0 Å². The Balaban J connectivity index is 3.33. The molecule has 0 fully saturated rings. The largest absolute Gasteiger partial charge is 0.270 e. The summed E-state index contributed by atoms with van der Waals surface area (Å²) in [5, 5.41) is 0. The van der Waals surface area contributed by atoms with Crippen LogP contribution in [-0.2, 0) is 18.3 Å². The highest BCUT2D eigenvalue weighted by molar-refractivity contribution is 5.34. The third-order valence-corrected chi connectivity index (χ3v) is 2.41. The van der Waals surface area contributed by atoms with Gasteiger partial charge in [-0.3, -0.25) is 0 Å². The molecule has 1 aromatic rings. The Hall–Kier alpha value is -1.06. The molecule has 0 radical (unpaired) electrons. The van der Waals surface area contributed by atoms with E-state index in [0.717, 1.165) is 6.07 Å². The van der Waals surface area contributed by atoms with Crippen LogP contribution in [0.4, 0.5) is 17.6 Å². The molecule has 1 aromatic carbocycles. The summed E-state index contributed by atoms with van der Waals surface area (Å²) in [5.41, 5.74) is -0.220. The average Bonchev–Trinajstić information content (AvgIpc) is 2.14. The molecule has 0 spiro atoms. The first kappa shape index (κ1) is 13.0. The Morgan fingerprint density at radius 3 is 1.50 bits per heavy atom. The van der Waals surface area contributed by atoms with Crippen LogP contribution < -0.4 is 0 Å². The SMILES string of the molecule is CCc1cc(C(C)(F)F)cc(C(C)(F)F)c1. The van der Waals surface area contributed by atoms with Crippen molar-refractivity contribution in [3.63, 3.8) is 0 Å². The van der Waals surface area contributed by atoms with Crippen LogP contribution in [0.1, 0.15) is 37.5 Å². The van der Waals surface area contributed by atoms with E-state index in [9.17, 15) is 17.6 Å². The molecule has 0 aliphatic rings. The fourth-order valence-corrected chi connectivity index (χ4v) is 1.40. The molecule has 0 unspecified atom stereocenters. The van der Waals surface area contributed by atoms with Gasteiger partial charge in [-0.2, -0.15) is 0 Å². The van der Waals surface area contributed by atoms with E-state index in [0.29, 0.717) is 25.8 Å². The average molecular weight is 234 g/mol. The van der Waals surface area contributed by atoms with E-state index in [1.165, 1.54) is 12.1 Å². The first-order valence-corrected chi connectivity index (χ1v) is 5.05. The van der Waals surface area contributed by atoms with E-state index in [4.69, 9.17) is 0 Å². The lowest BCUT2D eigenvalue weighted by Crippen LogP contribution is -2.13. The van der Waals surface area contributed by atoms with E-state index in [1.807, 2.05) is 0 Å². The van der Waals surface area contributed by atoms with Crippen LogP contribution in [0.5, 0.6) is 0 Å². The van der Waals surface area contributed by atoms with Gasteiger partial charge in [-0.25, -0.2) is 17.6 Å². The second kappa shape index (κ2) is 4.07. The highest BCUT2D eigenvalue weighted by Crippen LogP contribution is 2.34. The van der Waals surface area contributed by atoms with E-state index < -0.39 is 11.8 Å². The quantitative estimate of drug-likeness (QED) is 0.677. The van der Waals surface area contributed by atoms with Gasteiger partial charge in [0.2, 0.25) is 0 Å². The molecule has 0 atom stereocenters. The molecule has 90 valence electrons. The van der Waals surface area contributed by atoms with Crippen LogP contribution in [0, 0.1) is 0 Å². The number of rotatable bonds is 3. The van der Waals surface area contributed by atoms with Gasteiger partial charge in [-0.15, -0.1) is 0 Å². The molecule has 0 N–H and O–H groups in total. The molecule has 0 aliphatic carbocycles. The van der Waals surface area contributed by atoms with E-state index in [-0.39, 0.29) is 11.1 Å². The first-order valence-electron chi connectivity index (χ1n) is 5.05. The molecule has 0 amide bonds. The number of benzene rings is 1. The molecule has 0 nitrogen and oxygen atoms in total. The zero-order chi connectivity index (χ0) is 12.6. The van der Waals surface area contributed by atoms with Crippen molar-refractivity contribution >= 4 is 0 Å². The molecule has 0 aliphatic heterocycles. The Kier molecular flexibility index (Phi) is 3.31. The molecular weight excluding hydrogens is 220 g/mol. The lowest BCUT2D eigenvalue weighted by Gasteiger charge is -2.17. The van der Waals surface area contributed by atoms with E-state index in [1.54, 1.807) is 6.92 Å². The Labute approximate surface area is 92.3 Å². The maximum absolute atomic E-state index is 13.1. The molecule has 0 bridgehead atoms. The van der Waals surface area contributed by atoms with Gasteiger partial charge < -0.3 is 0 Å². The Morgan fingerprint density at radius 2 is 1.25 bits per heavy atom. The minimum Gasteiger partial charge on any atom is -0.202 e. The summed E-state index contributed by atoms with van der Waals surface area (Å²) in [6.07, 6.45) is 0.451. The van der Waals surface area contributed by atoms with Crippen molar-refractivity contribution in [2.24, 2.45) is 0 Å². The monoisotopic (exact) mass is 234 g/mol. The molecule has 0 saturated carbocycles. The predicted molar refractivity (Wildman–Crippen MR) is 55.0 cm³/mol. The standard InChI is InChI=1S/C12H14F4/c1-4-8-5-9(11(2,13)14)7-10(6-8)12(3,15)16/h5-7H,4H2,1-3H3. The summed E-state index contributed by atoms with van der Waals surface area (Å²) >= 11 is 0. The van der Waals surface area contributed by atoms with Crippen LogP contribution in [0.3, 0.4) is 0 Å². The van der Waals surface area contributed by atoms with Gasteiger partial charge in [0, 0.05) is 25.0 Å². The van der Waals surface area contributed by atoms with Crippen LogP contribution in [-0.4, -0.2) is 0 Å². The molecule has 0 heterocycles. The normalized spacial score (nSPS) is 12.9. The van der Waals surface area contributed by atoms with Crippen molar-refractivity contribution in [3.05, 3.63) is 34.9 Å². The summed E-state index contributed by atoms with van der Waals surface area (Å²) in [4.78, 5) is 0. The maximum atomic E-state index is 13.1. The van der Waals surface area contributed by atoms with E-state index >= 15 is 0 Å². The second-order valence-corrected chi connectivity index (χ2v) is 4.05. The number of hydrogen-bond acceptors (Lipinski definition) is 0. The molecule has 1 rings (SSSR count). The van der Waals surface area contributed by atoms with Crippen molar-refractivity contribution < 1.29 is 17.6 Å². The first-order chi connectivity index (χ1) is 7.14. The van der Waals surface area contributed by atoms with Crippen LogP contribution >= 0.6 is 0 Å². The maximum Gasteiger partial charge on any atom is 0.270 e. The van der Waals surface area contributed by atoms with Crippen LogP contribution in [0.25, 0.3) is 0 Å². The van der Waals surface area contributed by atoms with Gasteiger partial charge in [0.05, 0.1) is 0 Å². The Bertz CT molecular complexity index is 339. The predicted octanol–water partition coefficient (Wildman–Crippen LogP) is 4.47. The summed E-state index contributed by atoms with van der Waals surface area (Å²) in [5.74, 6) is -6.18. The lowest BCUT2D eigenvalue weighted by atomic mass is 9.98. The highest BCUT2D eigenvalue weighted by atomic mass is 19.3.